The van der Waals surface area contributed by atoms with Crippen LogP contribution in [0.15, 0.2) is 47.6 Å². The fraction of sp³-hybridized carbons (Fsp3) is 0.480. The van der Waals surface area contributed by atoms with Gasteiger partial charge in [0.1, 0.15) is 12.4 Å². The van der Waals surface area contributed by atoms with Gasteiger partial charge in [0.25, 0.3) is 0 Å². The number of carbonyl (C=O) groups is 1. The maximum atomic E-state index is 13.1. The van der Waals surface area contributed by atoms with Crippen LogP contribution in [0.2, 0.25) is 5.02 Å². The Hall–Kier alpha value is -2.71. The van der Waals surface area contributed by atoms with Gasteiger partial charge in [-0.25, -0.2) is 4.39 Å². The predicted octanol–water partition coefficient (Wildman–Crippen LogP) is 4.82. The van der Waals surface area contributed by atoms with Crippen molar-refractivity contribution >= 4 is 34.6 Å². The van der Waals surface area contributed by atoms with Gasteiger partial charge in [-0.2, -0.15) is 0 Å². The number of piperazine rings is 1. The smallest absolute Gasteiger partial charge is 0.223 e. The molecule has 1 amide bonds. The Bertz CT molecular complexity index is 974. The van der Waals surface area contributed by atoms with Crippen LogP contribution in [0.3, 0.4) is 0 Å². The normalized spacial score (nSPS) is 17.6. The van der Waals surface area contributed by atoms with Crippen molar-refractivity contribution in [3.05, 3.63) is 58.0 Å². The first kappa shape index (κ1) is 24.4. The third-order valence-electron chi connectivity index (χ3n) is 6.75. The van der Waals surface area contributed by atoms with Gasteiger partial charge >= 0.3 is 0 Å². The van der Waals surface area contributed by atoms with E-state index in [0.29, 0.717) is 12.0 Å². The van der Waals surface area contributed by atoms with Gasteiger partial charge in [-0.1, -0.05) is 11.6 Å². The highest BCUT2D eigenvalue weighted by molar-refractivity contribution is 6.30. The molecule has 0 radical (unpaired) electrons. The number of anilines is 2. The summed E-state index contributed by atoms with van der Waals surface area (Å²) in [5, 5.41) is 7.04. The van der Waals surface area contributed by atoms with Crippen molar-refractivity contribution in [2.75, 3.05) is 56.0 Å². The number of nitrogens with zero attached hydrogens (tertiary/aromatic N) is 4. The van der Waals surface area contributed by atoms with E-state index in [1.165, 1.54) is 0 Å². The third kappa shape index (κ3) is 6.24. The molecule has 9 heteroatoms. The summed E-state index contributed by atoms with van der Waals surface area (Å²) in [4.78, 5) is 30.1. The molecule has 0 atom stereocenters. The van der Waals surface area contributed by atoms with Gasteiger partial charge in [0, 0.05) is 80.2 Å². The number of nitrogens with one attached hydrogen (secondary N) is 1. The average Bonchev–Trinajstić information content (AvgIpc) is 2.88. The lowest BCUT2D eigenvalue weighted by Crippen LogP contribution is -2.49. The number of hydrogen-bond acceptors (Lipinski definition) is 6. The second-order valence-corrected chi connectivity index (χ2v) is 9.36. The predicted molar refractivity (Wildman–Crippen MR) is 135 cm³/mol. The number of piperidine rings is 1. The molecule has 2 aromatic carbocycles. The molecular weight excluding hydrogens is 457 g/mol. The average molecular weight is 488 g/mol. The minimum atomic E-state index is -0.709. The molecule has 0 saturated carbocycles. The van der Waals surface area contributed by atoms with Crippen molar-refractivity contribution in [2.45, 2.75) is 32.0 Å². The lowest BCUT2D eigenvalue weighted by atomic mass is 10.0. The Labute approximate surface area is 204 Å². The van der Waals surface area contributed by atoms with E-state index in [9.17, 15) is 14.1 Å². The summed E-state index contributed by atoms with van der Waals surface area (Å²) >= 11 is 5.98. The molecule has 34 heavy (non-hydrogen) atoms. The Balaban J connectivity index is 1.16. The maximum absolute atomic E-state index is 13.1. The molecule has 2 fully saturated rings. The summed E-state index contributed by atoms with van der Waals surface area (Å²) < 4.78 is 13.1. The molecule has 7 nitrogen and oxygen atoms in total. The molecule has 1 N–H and O–H groups in total. The second kappa shape index (κ2) is 11.6. The first-order chi connectivity index (χ1) is 16.6. The Morgan fingerprint density at radius 3 is 2.38 bits per heavy atom. The van der Waals surface area contributed by atoms with Crippen LogP contribution in [-0.2, 0) is 11.5 Å². The van der Waals surface area contributed by atoms with Crippen LogP contribution in [0.1, 0.15) is 24.8 Å². The van der Waals surface area contributed by atoms with Crippen LogP contribution in [0.5, 0.6) is 0 Å². The topological polar surface area (TPSA) is 68.2 Å². The lowest BCUT2D eigenvalue weighted by Gasteiger charge is -2.37. The van der Waals surface area contributed by atoms with E-state index in [2.05, 4.69) is 20.3 Å². The van der Waals surface area contributed by atoms with Gasteiger partial charge in [0.15, 0.2) is 0 Å². The number of amides is 1. The third-order valence-corrected chi connectivity index (χ3v) is 7.00. The van der Waals surface area contributed by atoms with Crippen molar-refractivity contribution in [2.24, 2.45) is 5.18 Å². The number of rotatable bonds is 8. The zero-order valence-electron chi connectivity index (χ0n) is 19.3. The highest BCUT2D eigenvalue weighted by Gasteiger charge is 2.24. The number of halogens is 2. The van der Waals surface area contributed by atoms with E-state index in [4.69, 9.17) is 11.6 Å². The molecule has 2 aromatic rings. The molecule has 4 rings (SSSR count). The van der Waals surface area contributed by atoms with Crippen LogP contribution in [0.4, 0.5) is 21.5 Å². The van der Waals surface area contributed by atoms with Gasteiger partial charge in [0.2, 0.25) is 5.91 Å². The zero-order chi connectivity index (χ0) is 23.9. The molecule has 2 aliphatic heterocycles. The van der Waals surface area contributed by atoms with Crippen molar-refractivity contribution < 1.29 is 9.18 Å². The molecule has 0 aliphatic carbocycles. The highest BCUT2D eigenvalue weighted by atomic mass is 35.5. The first-order valence-electron chi connectivity index (χ1n) is 11.8. The molecule has 2 aliphatic rings. The fourth-order valence-electron chi connectivity index (χ4n) is 4.69. The van der Waals surface area contributed by atoms with Crippen LogP contribution in [0, 0.1) is 4.91 Å². The molecule has 2 saturated heterocycles. The molecule has 2 heterocycles. The van der Waals surface area contributed by atoms with Crippen LogP contribution >= 0.6 is 11.6 Å². The molecule has 0 spiro atoms. The lowest BCUT2D eigenvalue weighted by molar-refractivity contribution is -0.131. The molecular formula is C25H31ClFN5O2. The zero-order valence-corrected chi connectivity index (χ0v) is 20.0. The summed E-state index contributed by atoms with van der Waals surface area (Å²) in [6.45, 7) is 5.04. The summed E-state index contributed by atoms with van der Waals surface area (Å²) in [6.07, 6.45) is 2.44. The number of benzene rings is 2. The van der Waals surface area contributed by atoms with E-state index in [0.717, 1.165) is 75.1 Å². The van der Waals surface area contributed by atoms with Gasteiger partial charge < -0.3 is 20.0 Å². The highest BCUT2D eigenvalue weighted by Crippen LogP contribution is 2.26. The van der Waals surface area contributed by atoms with E-state index in [1.54, 1.807) is 18.2 Å². The van der Waals surface area contributed by atoms with Crippen LogP contribution in [0.25, 0.3) is 0 Å². The van der Waals surface area contributed by atoms with Gasteiger partial charge in [0.05, 0.1) is 0 Å². The minimum absolute atomic E-state index is 0.152. The van der Waals surface area contributed by atoms with Crippen molar-refractivity contribution in [3.8, 4) is 0 Å². The molecule has 0 aromatic heterocycles. The Kier molecular flexibility index (Phi) is 8.34. The summed E-state index contributed by atoms with van der Waals surface area (Å²) in [5.74, 6) is 0.221. The van der Waals surface area contributed by atoms with E-state index in [-0.39, 0.29) is 17.6 Å². The number of alkyl halides is 1. The van der Waals surface area contributed by atoms with Crippen LogP contribution < -0.4 is 10.2 Å². The van der Waals surface area contributed by atoms with Gasteiger partial charge in [-0.05, 0) is 60.5 Å². The number of carbonyl (C=O) groups excluding carboxylic acids is 1. The number of likely N-dealkylation sites (tertiary alicyclic amines) is 1. The fourth-order valence-corrected chi connectivity index (χ4v) is 4.81. The van der Waals surface area contributed by atoms with Crippen molar-refractivity contribution in [1.82, 2.24) is 9.80 Å². The summed E-state index contributed by atoms with van der Waals surface area (Å²) in [7, 11) is 0. The largest absolute Gasteiger partial charge is 0.382 e. The summed E-state index contributed by atoms with van der Waals surface area (Å²) in [5.41, 5.74) is 2.42. The second-order valence-electron chi connectivity index (χ2n) is 8.92. The van der Waals surface area contributed by atoms with E-state index in [1.807, 2.05) is 29.2 Å². The molecule has 0 bridgehead atoms. The van der Waals surface area contributed by atoms with E-state index < -0.39 is 6.67 Å². The van der Waals surface area contributed by atoms with Crippen LogP contribution in [-0.4, -0.2) is 67.6 Å². The van der Waals surface area contributed by atoms with Gasteiger partial charge in [-0.15, -0.1) is 4.91 Å². The van der Waals surface area contributed by atoms with Crippen molar-refractivity contribution in [1.29, 1.82) is 0 Å². The maximum Gasteiger partial charge on any atom is 0.223 e. The van der Waals surface area contributed by atoms with Crippen molar-refractivity contribution in [3.63, 3.8) is 0 Å². The molecule has 0 unspecified atom stereocenters. The first-order valence-corrected chi connectivity index (χ1v) is 12.2. The summed E-state index contributed by atoms with van der Waals surface area (Å²) in [6, 6.07) is 13.1. The quantitative estimate of drug-likeness (QED) is 0.540. The number of hydrogen-bond donors (Lipinski definition) is 1. The SMILES string of the molecule is O=Nc1ccc(NC2CCN(CCC(=O)N3CCN(c4ccc(Cl)cc4)CC3)CC2)cc1CF. The molecule has 182 valence electrons. The van der Waals surface area contributed by atoms with E-state index >= 15 is 0 Å². The minimum Gasteiger partial charge on any atom is -0.382 e. The Morgan fingerprint density at radius 1 is 1.03 bits per heavy atom. The van der Waals surface area contributed by atoms with Gasteiger partial charge in [-0.3, -0.25) is 4.79 Å². The monoisotopic (exact) mass is 487 g/mol. The Morgan fingerprint density at radius 2 is 1.74 bits per heavy atom. The standard InChI is InChI=1S/C25H31ClFN5O2/c26-20-1-4-23(5-2-20)31-13-15-32(16-14-31)25(33)9-12-30-10-7-21(8-11-30)28-22-3-6-24(29-34)19(17-22)18-27/h1-6,17,21,28H,7-16,18H2. The number of nitroso groups, excluding NO2 is 1.